The number of ether oxygens (including phenoxy) is 2. The van der Waals surface area contributed by atoms with E-state index in [0.29, 0.717) is 0 Å². The standard InChI is InChI=1S/C14H21N3O6/c1-7(2)14(20)22-6-9-11(18)12(19)13(23-9)17-5-4-10(16-21)15-8(17)3/h4-5,7,9,11-13,18-19,21H,3,6H2,1-2H3,(H,15,16)/t9-,11-,12-,13-/m1/s1. The summed E-state index contributed by atoms with van der Waals surface area (Å²) in [6.45, 7) is 6.92. The lowest BCUT2D eigenvalue weighted by molar-refractivity contribution is -0.154. The maximum absolute atomic E-state index is 11.5. The van der Waals surface area contributed by atoms with Crippen molar-refractivity contribution < 1.29 is 29.7 Å². The van der Waals surface area contributed by atoms with Crippen LogP contribution in [-0.4, -0.2) is 63.3 Å². The second-order valence-corrected chi connectivity index (χ2v) is 5.58. The highest BCUT2D eigenvalue weighted by Crippen LogP contribution is 2.28. The maximum Gasteiger partial charge on any atom is 0.308 e. The van der Waals surface area contributed by atoms with Gasteiger partial charge in [-0.05, 0) is 6.08 Å². The first kappa shape index (κ1) is 17.4. The highest BCUT2D eigenvalue weighted by atomic mass is 16.6. The zero-order valence-corrected chi connectivity index (χ0v) is 12.9. The van der Waals surface area contributed by atoms with Crippen LogP contribution in [-0.2, 0) is 14.3 Å². The summed E-state index contributed by atoms with van der Waals surface area (Å²) in [5.74, 6) is -0.316. The molecule has 9 nitrogen and oxygen atoms in total. The number of nitrogens with one attached hydrogen (secondary N) is 1. The number of nitrogens with zero attached hydrogens (tertiary/aromatic N) is 2. The van der Waals surface area contributed by atoms with E-state index < -0.39 is 30.5 Å². The summed E-state index contributed by atoms with van der Waals surface area (Å²) in [5.41, 5.74) is 1.88. The summed E-state index contributed by atoms with van der Waals surface area (Å²) < 4.78 is 10.6. The predicted octanol–water partition coefficient (Wildman–Crippen LogP) is -0.690. The van der Waals surface area contributed by atoms with Gasteiger partial charge in [0.2, 0.25) is 0 Å². The molecular weight excluding hydrogens is 306 g/mol. The summed E-state index contributed by atoms with van der Waals surface area (Å²) in [6.07, 6.45) is -1.30. The van der Waals surface area contributed by atoms with Crippen molar-refractivity contribution in [1.29, 1.82) is 0 Å². The first-order valence-corrected chi connectivity index (χ1v) is 7.17. The molecule has 2 rings (SSSR count). The predicted molar refractivity (Wildman–Crippen MR) is 78.9 cm³/mol. The molecule has 0 saturated carbocycles. The van der Waals surface area contributed by atoms with Crippen LogP contribution in [0.25, 0.3) is 0 Å². The van der Waals surface area contributed by atoms with Crippen LogP contribution in [0.1, 0.15) is 13.8 Å². The molecule has 0 bridgehead atoms. The molecule has 0 radical (unpaired) electrons. The number of aliphatic imine (C=N–C) groups is 1. The minimum atomic E-state index is -1.24. The second kappa shape index (κ2) is 7.09. The van der Waals surface area contributed by atoms with E-state index in [4.69, 9.17) is 14.7 Å². The van der Waals surface area contributed by atoms with E-state index in [2.05, 4.69) is 11.6 Å². The van der Waals surface area contributed by atoms with E-state index in [9.17, 15) is 15.0 Å². The van der Waals surface area contributed by atoms with Crippen LogP contribution in [0.2, 0.25) is 0 Å². The third-order valence-electron chi connectivity index (χ3n) is 3.53. The number of hydroxylamine groups is 1. The molecule has 0 aromatic heterocycles. The van der Waals surface area contributed by atoms with Crippen LogP contribution in [0.15, 0.2) is 29.7 Å². The van der Waals surface area contributed by atoms with Gasteiger partial charge in [-0.15, -0.1) is 0 Å². The first-order chi connectivity index (χ1) is 10.8. The van der Waals surface area contributed by atoms with Gasteiger partial charge in [0.05, 0.1) is 5.92 Å². The van der Waals surface area contributed by atoms with E-state index >= 15 is 0 Å². The summed E-state index contributed by atoms with van der Waals surface area (Å²) >= 11 is 0. The van der Waals surface area contributed by atoms with E-state index in [1.54, 1.807) is 13.8 Å². The van der Waals surface area contributed by atoms with Crippen molar-refractivity contribution in [1.82, 2.24) is 10.4 Å². The fraction of sp³-hybridized carbons (Fsp3) is 0.571. The Morgan fingerprint density at radius 2 is 2.22 bits per heavy atom. The number of amidine groups is 1. The molecule has 1 saturated heterocycles. The average Bonchev–Trinajstić information content (AvgIpc) is 2.80. The van der Waals surface area contributed by atoms with E-state index in [-0.39, 0.29) is 24.2 Å². The van der Waals surface area contributed by atoms with Crippen LogP contribution < -0.4 is 5.48 Å². The van der Waals surface area contributed by atoms with Crippen LogP contribution in [0.5, 0.6) is 0 Å². The molecular formula is C14H21N3O6. The monoisotopic (exact) mass is 327 g/mol. The minimum Gasteiger partial charge on any atom is -0.463 e. The molecule has 0 spiro atoms. The summed E-state index contributed by atoms with van der Waals surface area (Å²) in [5, 5.41) is 29.0. The summed E-state index contributed by atoms with van der Waals surface area (Å²) in [6, 6.07) is 0. The number of aliphatic hydroxyl groups excluding tert-OH is 2. The number of aliphatic hydroxyl groups is 2. The van der Waals surface area contributed by atoms with Gasteiger partial charge >= 0.3 is 5.97 Å². The Balaban J connectivity index is 2.00. The van der Waals surface area contributed by atoms with Crippen molar-refractivity contribution >= 4 is 11.8 Å². The Hall–Kier alpha value is -1.94. The smallest absolute Gasteiger partial charge is 0.308 e. The van der Waals surface area contributed by atoms with Crippen molar-refractivity contribution in [3.05, 3.63) is 24.7 Å². The van der Waals surface area contributed by atoms with Gasteiger partial charge in [-0.1, -0.05) is 20.4 Å². The van der Waals surface area contributed by atoms with E-state index in [1.165, 1.54) is 17.2 Å². The molecule has 2 aliphatic heterocycles. The molecule has 0 aromatic carbocycles. The Labute approximate surface area is 133 Å². The molecule has 23 heavy (non-hydrogen) atoms. The molecule has 4 atom stereocenters. The highest BCUT2D eigenvalue weighted by Gasteiger charge is 2.46. The number of carbonyl (C=O) groups is 1. The molecule has 2 heterocycles. The number of hydrogen-bond donors (Lipinski definition) is 4. The van der Waals surface area contributed by atoms with Crippen LogP contribution in [0, 0.1) is 5.92 Å². The van der Waals surface area contributed by atoms with Crippen LogP contribution >= 0.6 is 0 Å². The van der Waals surface area contributed by atoms with Crippen molar-refractivity contribution in [2.45, 2.75) is 38.4 Å². The number of hydrogen-bond acceptors (Lipinski definition) is 9. The largest absolute Gasteiger partial charge is 0.463 e. The van der Waals surface area contributed by atoms with E-state index in [0.717, 1.165) is 0 Å². The van der Waals surface area contributed by atoms with Gasteiger partial charge in [0.1, 0.15) is 30.7 Å². The molecule has 4 N–H and O–H groups in total. The molecule has 0 amide bonds. The van der Waals surface area contributed by atoms with Crippen molar-refractivity contribution in [2.75, 3.05) is 6.61 Å². The molecule has 2 aliphatic rings. The van der Waals surface area contributed by atoms with Crippen LogP contribution in [0.4, 0.5) is 0 Å². The normalized spacial score (nSPS) is 30.6. The second-order valence-electron chi connectivity index (χ2n) is 5.58. The fourth-order valence-electron chi connectivity index (χ4n) is 2.19. The van der Waals surface area contributed by atoms with Crippen molar-refractivity contribution in [3.8, 4) is 0 Å². The Morgan fingerprint density at radius 3 is 2.78 bits per heavy atom. The minimum absolute atomic E-state index is 0.164. The quantitative estimate of drug-likeness (QED) is 0.395. The lowest BCUT2D eigenvalue weighted by Crippen LogP contribution is -2.42. The van der Waals surface area contributed by atoms with E-state index in [1.807, 2.05) is 5.48 Å². The van der Waals surface area contributed by atoms with Gasteiger partial charge in [0, 0.05) is 6.20 Å². The summed E-state index contributed by atoms with van der Waals surface area (Å²) in [7, 11) is 0. The van der Waals surface area contributed by atoms with Gasteiger partial charge < -0.3 is 24.6 Å². The Kier molecular flexibility index (Phi) is 5.37. The lowest BCUT2D eigenvalue weighted by Gasteiger charge is -2.30. The molecule has 0 aromatic rings. The fourth-order valence-corrected chi connectivity index (χ4v) is 2.19. The Bertz CT molecular complexity index is 533. The maximum atomic E-state index is 11.5. The molecule has 0 aliphatic carbocycles. The van der Waals surface area contributed by atoms with Crippen molar-refractivity contribution in [2.24, 2.45) is 10.9 Å². The van der Waals surface area contributed by atoms with Crippen LogP contribution in [0.3, 0.4) is 0 Å². The van der Waals surface area contributed by atoms with Gasteiger partial charge in [0.15, 0.2) is 12.1 Å². The molecule has 0 unspecified atom stereocenters. The number of esters is 1. The molecule has 9 heteroatoms. The van der Waals surface area contributed by atoms with Gasteiger partial charge in [-0.2, -0.15) is 0 Å². The molecule has 128 valence electrons. The van der Waals surface area contributed by atoms with Gasteiger partial charge in [0.25, 0.3) is 0 Å². The highest BCUT2D eigenvalue weighted by molar-refractivity contribution is 5.93. The summed E-state index contributed by atoms with van der Waals surface area (Å²) in [4.78, 5) is 16.9. The number of carbonyl (C=O) groups excluding carboxylic acids is 1. The average molecular weight is 327 g/mol. The zero-order valence-electron chi connectivity index (χ0n) is 12.9. The zero-order chi connectivity index (χ0) is 17.1. The molecule has 1 fully saturated rings. The van der Waals surface area contributed by atoms with Gasteiger partial charge in [-0.3, -0.25) is 15.5 Å². The Morgan fingerprint density at radius 1 is 1.52 bits per heavy atom. The SMILES string of the molecule is C=C1N=C(NO)C=CN1[C@@H]1O[C@H](COC(=O)C(C)C)[C@@H](O)[C@H]1O. The lowest BCUT2D eigenvalue weighted by atomic mass is 10.1. The number of rotatable bonds is 4. The third kappa shape index (κ3) is 3.70. The van der Waals surface area contributed by atoms with Gasteiger partial charge in [-0.25, -0.2) is 4.99 Å². The van der Waals surface area contributed by atoms with Crippen molar-refractivity contribution in [3.63, 3.8) is 0 Å². The topological polar surface area (TPSA) is 124 Å². The first-order valence-electron chi connectivity index (χ1n) is 7.17. The third-order valence-corrected chi connectivity index (χ3v) is 3.53.